The van der Waals surface area contributed by atoms with E-state index < -0.39 is 31.5 Å². The first kappa shape index (κ1) is 11.8. The lowest BCUT2D eigenvalue weighted by Crippen LogP contribution is -2.33. The van der Waals surface area contributed by atoms with Gasteiger partial charge in [-0.15, -0.1) is 5.06 Å². The Kier molecular flexibility index (Phi) is 3.23. The highest BCUT2D eigenvalue weighted by atomic mass is 31.2. The summed E-state index contributed by atoms with van der Waals surface area (Å²) < 4.78 is 10.4. The van der Waals surface area contributed by atoms with Crippen molar-refractivity contribution >= 4 is 25.4 Å². The molecule has 0 aromatic heterocycles. The lowest BCUT2D eigenvalue weighted by Gasteiger charge is -2.12. The SMILES string of the molecule is O=C(CP(=O)(O)O)ON1C(=O)CCC1=O. The first-order chi connectivity index (χ1) is 6.79. The third-order valence-electron chi connectivity index (χ3n) is 1.53. The number of rotatable bonds is 3. The van der Waals surface area contributed by atoms with Crippen molar-refractivity contribution < 1.29 is 33.6 Å². The van der Waals surface area contributed by atoms with Gasteiger partial charge >= 0.3 is 13.6 Å². The van der Waals surface area contributed by atoms with Crippen LogP contribution in [0, 0.1) is 0 Å². The fourth-order valence-corrected chi connectivity index (χ4v) is 1.35. The van der Waals surface area contributed by atoms with Crippen molar-refractivity contribution in [2.45, 2.75) is 12.8 Å². The van der Waals surface area contributed by atoms with Crippen LogP contribution in [0.1, 0.15) is 12.8 Å². The van der Waals surface area contributed by atoms with E-state index in [9.17, 15) is 18.9 Å². The van der Waals surface area contributed by atoms with Crippen molar-refractivity contribution in [2.24, 2.45) is 0 Å². The van der Waals surface area contributed by atoms with Crippen molar-refractivity contribution in [1.29, 1.82) is 0 Å². The van der Waals surface area contributed by atoms with Crippen LogP contribution in [0.4, 0.5) is 0 Å². The zero-order chi connectivity index (χ0) is 11.6. The summed E-state index contributed by atoms with van der Waals surface area (Å²) in [6.45, 7) is 0. The molecular formula is C6H8NO7P. The van der Waals surface area contributed by atoms with Gasteiger partial charge in [0, 0.05) is 12.8 Å². The fraction of sp³-hybridized carbons (Fsp3) is 0.500. The molecule has 1 fully saturated rings. The Bertz CT molecular complexity index is 342. The minimum Gasteiger partial charge on any atom is -0.330 e. The number of hydroxylamine groups is 2. The predicted molar refractivity (Wildman–Crippen MR) is 44.1 cm³/mol. The van der Waals surface area contributed by atoms with Crippen molar-refractivity contribution in [3.05, 3.63) is 0 Å². The lowest BCUT2D eigenvalue weighted by molar-refractivity contribution is -0.195. The summed E-state index contributed by atoms with van der Waals surface area (Å²) in [4.78, 5) is 53.7. The third kappa shape index (κ3) is 3.43. The lowest BCUT2D eigenvalue weighted by atomic mass is 10.4. The molecule has 2 amide bonds. The van der Waals surface area contributed by atoms with Crippen molar-refractivity contribution in [1.82, 2.24) is 5.06 Å². The maximum Gasteiger partial charge on any atom is 0.345 e. The van der Waals surface area contributed by atoms with Crippen LogP contribution in [0.5, 0.6) is 0 Å². The number of hydrogen-bond acceptors (Lipinski definition) is 5. The molecule has 1 heterocycles. The monoisotopic (exact) mass is 237 g/mol. The molecule has 84 valence electrons. The van der Waals surface area contributed by atoms with E-state index in [1.807, 2.05) is 0 Å². The summed E-state index contributed by atoms with van der Waals surface area (Å²) in [6, 6.07) is 0. The molecule has 2 N–H and O–H groups in total. The standard InChI is InChI=1S/C6H8NO7P/c8-4-1-2-5(9)7(4)14-6(10)3-15(11,12)13/h1-3H2,(H2,11,12,13). The summed E-state index contributed by atoms with van der Waals surface area (Å²) in [5.41, 5.74) is 0. The maximum atomic E-state index is 10.9. The quantitative estimate of drug-likeness (QED) is 0.465. The van der Waals surface area contributed by atoms with Crippen LogP contribution in [0.2, 0.25) is 0 Å². The highest BCUT2D eigenvalue weighted by Gasteiger charge is 2.34. The van der Waals surface area contributed by atoms with Gasteiger partial charge in [-0.1, -0.05) is 0 Å². The molecule has 8 nitrogen and oxygen atoms in total. The molecule has 1 aliphatic rings. The number of hydrogen-bond donors (Lipinski definition) is 2. The van der Waals surface area contributed by atoms with Crippen LogP contribution in [0.3, 0.4) is 0 Å². The zero-order valence-electron chi connectivity index (χ0n) is 7.45. The molecule has 0 aliphatic carbocycles. The summed E-state index contributed by atoms with van der Waals surface area (Å²) in [5.74, 6) is -2.70. The molecule has 1 aliphatic heterocycles. The molecule has 0 bridgehead atoms. The molecule has 0 spiro atoms. The number of amides is 2. The molecule has 0 radical (unpaired) electrons. The molecule has 1 saturated heterocycles. The van der Waals surface area contributed by atoms with Gasteiger partial charge in [0.25, 0.3) is 11.8 Å². The third-order valence-corrected chi connectivity index (χ3v) is 2.20. The number of carbonyl (C=O) groups excluding carboxylic acids is 3. The summed E-state index contributed by atoms with van der Waals surface area (Å²) in [6.07, 6.45) is -1.30. The van der Waals surface area contributed by atoms with E-state index in [2.05, 4.69) is 4.84 Å². The number of imide groups is 1. The fourth-order valence-electron chi connectivity index (χ4n) is 0.957. The average Bonchev–Trinajstić information content (AvgIpc) is 2.32. The first-order valence-electron chi connectivity index (χ1n) is 3.91. The van der Waals surface area contributed by atoms with Crippen molar-refractivity contribution in [3.8, 4) is 0 Å². The Balaban J connectivity index is 2.55. The normalized spacial score (nSPS) is 17.1. The van der Waals surface area contributed by atoms with Crippen LogP contribution in [-0.2, 0) is 23.8 Å². The molecule has 0 saturated carbocycles. The molecule has 0 aromatic carbocycles. The van der Waals surface area contributed by atoms with Crippen LogP contribution in [0.25, 0.3) is 0 Å². The van der Waals surface area contributed by atoms with E-state index in [1.54, 1.807) is 0 Å². The van der Waals surface area contributed by atoms with Gasteiger partial charge in [-0.3, -0.25) is 14.2 Å². The van der Waals surface area contributed by atoms with E-state index >= 15 is 0 Å². The van der Waals surface area contributed by atoms with E-state index in [0.29, 0.717) is 0 Å². The first-order valence-corrected chi connectivity index (χ1v) is 5.70. The smallest absolute Gasteiger partial charge is 0.330 e. The molecule has 9 heteroatoms. The second kappa shape index (κ2) is 4.09. The van der Waals surface area contributed by atoms with Gasteiger partial charge in [-0.2, -0.15) is 0 Å². The highest BCUT2D eigenvalue weighted by molar-refractivity contribution is 7.52. The Labute approximate surface area is 83.9 Å². The molecule has 1 rings (SSSR count). The minimum absolute atomic E-state index is 0.0674. The van der Waals surface area contributed by atoms with Gasteiger partial charge in [0.15, 0.2) is 0 Å². The van der Waals surface area contributed by atoms with Gasteiger partial charge < -0.3 is 14.6 Å². The van der Waals surface area contributed by atoms with Crippen LogP contribution >= 0.6 is 7.60 Å². The largest absolute Gasteiger partial charge is 0.345 e. The van der Waals surface area contributed by atoms with Gasteiger partial charge in [0.2, 0.25) is 0 Å². The Morgan fingerprint density at radius 3 is 2.20 bits per heavy atom. The van der Waals surface area contributed by atoms with Gasteiger partial charge in [0.05, 0.1) is 0 Å². The Morgan fingerprint density at radius 1 is 1.33 bits per heavy atom. The minimum atomic E-state index is -4.54. The Hall–Kier alpha value is -1.24. The second-order valence-electron chi connectivity index (χ2n) is 2.87. The summed E-state index contributed by atoms with van der Waals surface area (Å²) >= 11 is 0. The zero-order valence-corrected chi connectivity index (χ0v) is 8.35. The highest BCUT2D eigenvalue weighted by Crippen LogP contribution is 2.34. The predicted octanol–water partition coefficient (Wildman–Crippen LogP) is -1.23. The maximum absolute atomic E-state index is 10.9. The summed E-state index contributed by atoms with van der Waals surface area (Å²) in [7, 11) is -4.54. The summed E-state index contributed by atoms with van der Waals surface area (Å²) in [5, 5.41) is 0.234. The molecule has 0 atom stereocenters. The van der Waals surface area contributed by atoms with E-state index in [1.165, 1.54) is 0 Å². The molecule has 0 aromatic rings. The molecule has 0 unspecified atom stereocenters. The second-order valence-corrected chi connectivity index (χ2v) is 4.51. The van der Waals surface area contributed by atoms with Gasteiger partial charge in [0.1, 0.15) is 6.16 Å². The molecule has 15 heavy (non-hydrogen) atoms. The van der Waals surface area contributed by atoms with E-state index in [0.717, 1.165) is 0 Å². The van der Waals surface area contributed by atoms with Gasteiger partial charge in [-0.05, 0) is 0 Å². The topological polar surface area (TPSA) is 121 Å². The number of carbonyl (C=O) groups is 3. The van der Waals surface area contributed by atoms with E-state index in [-0.39, 0.29) is 17.9 Å². The average molecular weight is 237 g/mol. The Morgan fingerprint density at radius 2 is 1.80 bits per heavy atom. The van der Waals surface area contributed by atoms with Crippen LogP contribution in [0.15, 0.2) is 0 Å². The van der Waals surface area contributed by atoms with Crippen molar-refractivity contribution in [2.75, 3.05) is 6.16 Å². The molecular weight excluding hydrogens is 229 g/mol. The van der Waals surface area contributed by atoms with Crippen molar-refractivity contribution in [3.63, 3.8) is 0 Å². The van der Waals surface area contributed by atoms with Crippen LogP contribution < -0.4 is 0 Å². The van der Waals surface area contributed by atoms with Crippen LogP contribution in [-0.4, -0.2) is 38.8 Å². The van der Waals surface area contributed by atoms with Gasteiger partial charge in [-0.25, -0.2) is 4.79 Å². The van der Waals surface area contributed by atoms with E-state index in [4.69, 9.17) is 9.79 Å². The number of nitrogens with zero attached hydrogens (tertiary/aromatic N) is 1.